The Bertz CT molecular complexity index is 147. The summed E-state index contributed by atoms with van der Waals surface area (Å²) < 4.78 is 5.00. The fraction of sp³-hybridized carbons (Fsp3) is 0.938. The van der Waals surface area contributed by atoms with Gasteiger partial charge in [0.25, 0.3) is 0 Å². The maximum Gasteiger partial charge on any atom is 3.00 e. The summed E-state index contributed by atoms with van der Waals surface area (Å²) in [5, 5.41) is 8.30. The molecular formula is C16H35LaN2O. The molecule has 1 rings (SSSR count). The molecule has 1 aliphatic rings. The van der Waals surface area contributed by atoms with E-state index in [9.17, 15) is 0 Å². The summed E-state index contributed by atoms with van der Waals surface area (Å²) in [6.45, 7) is 13.8. The van der Waals surface area contributed by atoms with Crippen molar-refractivity contribution in [3.8, 4) is 0 Å². The third-order valence-corrected chi connectivity index (χ3v) is 3.10. The molecule has 0 unspecified atom stereocenters. The second kappa shape index (κ2) is 22.4. The first-order chi connectivity index (χ1) is 9.24. The first kappa shape index (κ1) is 26.0. The van der Waals surface area contributed by atoms with Crippen molar-refractivity contribution in [2.75, 3.05) is 26.8 Å². The van der Waals surface area contributed by atoms with Crippen molar-refractivity contribution in [3.63, 3.8) is 0 Å². The molecule has 0 radical (unpaired) electrons. The summed E-state index contributed by atoms with van der Waals surface area (Å²) in [7, 11) is 1.79. The van der Waals surface area contributed by atoms with Crippen LogP contribution in [0.2, 0.25) is 0 Å². The molecule has 1 saturated carbocycles. The number of methoxy groups -OCH3 is 1. The van der Waals surface area contributed by atoms with Crippen LogP contribution in [-0.4, -0.2) is 33.0 Å². The van der Waals surface area contributed by atoms with Crippen LogP contribution >= 0.6 is 0 Å². The predicted molar refractivity (Wildman–Crippen MR) is 86.7 cm³/mol. The number of hydrogen-bond donors (Lipinski definition) is 0. The van der Waals surface area contributed by atoms with Gasteiger partial charge in [-0.1, -0.05) is 39.5 Å². The molecule has 0 heterocycles. The van der Waals surface area contributed by atoms with Gasteiger partial charge in [-0.3, -0.25) is 0 Å². The molecule has 0 amide bonds. The summed E-state index contributed by atoms with van der Waals surface area (Å²) in [6.07, 6.45) is 7.30. The van der Waals surface area contributed by atoms with Crippen LogP contribution < -0.4 is 0 Å². The van der Waals surface area contributed by atoms with E-state index in [2.05, 4.69) is 17.6 Å². The fourth-order valence-electron chi connectivity index (χ4n) is 2.17. The predicted octanol–water partition coefficient (Wildman–Crippen LogP) is 5.17. The fourth-order valence-corrected chi connectivity index (χ4v) is 2.17. The van der Waals surface area contributed by atoms with E-state index in [1.54, 1.807) is 14.0 Å². The maximum atomic E-state index is 5.00. The van der Waals surface area contributed by atoms with E-state index in [1.165, 1.54) is 32.1 Å². The van der Waals surface area contributed by atoms with Gasteiger partial charge in [-0.15, -0.1) is 6.92 Å². The van der Waals surface area contributed by atoms with Gasteiger partial charge in [0.15, 0.2) is 0 Å². The summed E-state index contributed by atoms with van der Waals surface area (Å²) in [5.41, 5.74) is 0. The molecule has 0 saturated heterocycles. The number of ether oxygens (including phenoxy) is 1. The monoisotopic (exact) mass is 410 g/mol. The summed E-state index contributed by atoms with van der Waals surface area (Å²) in [6, 6.07) is 0. The molecule has 0 atom stereocenters. The second-order valence-corrected chi connectivity index (χ2v) is 4.56. The van der Waals surface area contributed by atoms with Crippen LogP contribution in [0, 0.1) is 48.4 Å². The quantitative estimate of drug-likeness (QED) is 0.534. The zero-order valence-electron chi connectivity index (χ0n) is 14.4. The summed E-state index contributed by atoms with van der Waals surface area (Å²) in [5.74, 6) is 0.991. The molecule has 0 aromatic carbocycles. The van der Waals surface area contributed by atoms with Gasteiger partial charge >= 0.3 is 35.6 Å². The van der Waals surface area contributed by atoms with Gasteiger partial charge in [0.05, 0.1) is 0 Å². The van der Waals surface area contributed by atoms with Crippen molar-refractivity contribution in [1.82, 2.24) is 0 Å². The van der Waals surface area contributed by atoms with Crippen molar-refractivity contribution in [1.29, 1.82) is 0 Å². The van der Waals surface area contributed by atoms with Gasteiger partial charge in [-0.05, 0) is 12.3 Å². The molecule has 0 spiro atoms. The van der Waals surface area contributed by atoms with E-state index in [4.69, 9.17) is 4.74 Å². The van der Waals surface area contributed by atoms with Gasteiger partial charge in [0, 0.05) is 13.7 Å². The van der Waals surface area contributed by atoms with E-state index in [0.29, 0.717) is 0 Å². The van der Waals surface area contributed by atoms with E-state index in [0.717, 1.165) is 25.6 Å². The smallest absolute Gasteiger partial charge is 0.678 e. The van der Waals surface area contributed by atoms with Crippen molar-refractivity contribution >= 4 is 0 Å². The standard InChI is InChI=1S/C8H16O.C6H14N2.C2H5.La/c1-9-7-6-8-4-2-3-5-8;1-4-7-6(3)8-5-2;1-2;/h8H,2-7H2,1H3;6H,4-5H2,1-3H3;1H2,2H3;/q;-2;-1;+3. The first-order valence-corrected chi connectivity index (χ1v) is 7.77. The van der Waals surface area contributed by atoms with Crippen LogP contribution in [-0.2, 0) is 4.74 Å². The minimum atomic E-state index is 0. The Hall–Kier alpha value is 1.07. The zero-order valence-corrected chi connectivity index (χ0v) is 18.0. The molecule has 0 bridgehead atoms. The number of nitrogens with zero attached hydrogens (tertiary/aromatic N) is 2. The average molecular weight is 410 g/mol. The minimum Gasteiger partial charge on any atom is -0.678 e. The Kier molecular flexibility index (Phi) is 29.1. The molecular weight excluding hydrogens is 375 g/mol. The van der Waals surface area contributed by atoms with Crippen LogP contribution in [0.4, 0.5) is 0 Å². The Morgan fingerprint density at radius 3 is 1.90 bits per heavy atom. The molecule has 1 aliphatic carbocycles. The molecule has 118 valence electrons. The SMILES string of the molecule is CC[N-]C(C)[N-]CC.COCCC1CCCC1.[CH2-]C.[La+3]. The van der Waals surface area contributed by atoms with Gasteiger partial charge in [0.1, 0.15) is 0 Å². The van der Waals surface area contributed by atoms with Gasteiger partial charge in [0.2, 0.25) is 0 Å². The summed E-state index contributed by atoms with van der Waals surface area (Å²) >= 11 is 0. The van der Waals surface area contributed by atoms with Crippen LogP contribution in [0.3, 0.4) is 0 Å². The molecule has 4 heteroatoms. The van der Waals surface area contributed by atoms with Crippen LogP contribution in [0.1, 0.15) is 59.8 Å². The minimum absolute atomic E-state index is 0. The number of hydrogen-bond acceptors (Lipinski definition) is 1. The van der Waals surface area contributed by atoms with E-state index >= 15 is 0 Å². The first-order valence-electron chi connectivity index (χ1n) is 7.77. The normalized spacial score (nSPS) is 13.9. The van der Waals surface area contributed by atoms with Crippen LogP contribution in [0.15, 0.2) is 0 Å². The van der Waals surface area contributed by atoms with Gasteiger partial charge in [-0.2, -0.15) is 20.0 Å². The molecule has 0 aromatic rings. The van der Waals surface area contributed by atoms with E-state index < -0.39 is 0 Å². The number of rotatable bonds is 7. The Labute approximate surface area is 156 Å². The largest absolute Gasteiger partial charge is 3.00 e. The zero-order chi connectivity index (χ0) is 14.9. The maximum absolute atomic E-state index is 5.00. The van der Waals surface area contributed by atoms with Crippen LogP contribution in [0.25, 0.3) is 10.6 Å². The Morgan fingerprint density at radius 2 is 1.55 bits per heavy atom. The van der Waals surface area contributed by atoms with Crippen LogP contribution in [0.5, 0.6) is 0 Å². The van der Waals surface area contributed by atoms with Gasteiger partial charge < -0.3 is 22.3 Å². The molecule has 0 aromatic heterocycles. The Morgan fingerprint density at radius 1 is 1.10 bits per heavy atom. The van der Waals surface area contributed by atoms with Gasteiger partial charge in [-0.25, -0.2) is 6.17 Å². The molecule has 20 heavy (non-hydrogen) atoms. The third kappa shape index (κ3) is 19.1. The molecule has 0 aliphatic heterocycles. The molecule has 0 N–H and O–H groups in total. The Balaban J connectivity index is -0.000000248. The van der Waals surface area contributed by atoms with E-state index in [1.807, 2.05) is 20.8 Å². The van der Waals surface area contributed by atoms with Crippen molar-refractivity contribution in [2.45, 2.75) is 66.0 Å². The van der Waals surface area contributed by atoms with Crippen molar-refractivity contribution in [2.24, 2.45) is 5.92 Å². The topological polar surface area (TPSA) is 37.4 Å². The van der Waals surface area contributed by atoms with E-state index in [-0.39, 0.29) is 41.8 Å². The average Bonchev–Trinajstić information content (AvgIpc) is 2.93. The second-order valence-electron chi connectivity index (χ2n) is 4.56. The molecule has 1 fully saturated rings. The molecule has 3 nitrogen and oxygen atoms in total. The van der Waals surface area contributed by atoms with Crippen molar-refractivity contribution < 1.29 is 40.3 Å². The van der Waals surface area contributed by atoms with Crippen molar-refractivity contribution in [3.05, 3.63) is 17.6 Å². The summed E-state index contributed by atoms with van der Waals surface area (Å²) in [4.78, 5) is 0. The third-order valence-electron chi connectivity index (χ3n) is 3.10.